The van der Waals surface area contributed by atoms with Crippen LogP contribution in [0.1, 0.15) is 69.8 Å². The molecule has 0 aliphatic carbocycles. The molecule has 0 bridgehead atoms. The minimum Gasteiger partial charge on any atom is -0.313 e. The minimum absolute atomic E-state index is 0.832. The average molecular weight is 310 g/mol. The Morgan fingerprint density at radius 2 is 1.19 bits per heavy atom. The van der Waals surface area contributed by atoms with Gasteiger partial charge in [-0.15, -0.1) is 11.6 Å². The van der Waals surface area contributed by atoms with E-state index in [-0.39, 0.29) is 0 Å². The summed E-state index contributed by atoms with van der Waals surface area (Å²) in [5.74, 6) is 0.832. The fourth-order valence-corrected chi connectivity index (χ4v) is 2.78. The minimum atomic E-state index is 0.832. The fraction of sp³-hybridized carbons (Fsp3) is 0.684. The Bertz CT molecular complexity index is 313. The van der Waals surface area contributed by atoms with Crippen molar-refractivity contribution in [1.29, 1.82) is 0 Å². The number of halogens is 1. The van der Waals surface area contributed by atoms with Gasteiger partial charge in [0, 0.05) is 12.4 Å². The molecule has 0 atom stereocenters. The molecule has 21 heavy (non-hydrogen) atoms. The van der Waals surface area contributed by atoms with E-state index in [0.717, 1.165) is 19.0 Å². The number of hydrogen-bond donors (Lipinski definition) is 1. The van der Waals surface area contributed by atoms with Crippen molar-refractivity contribution in [1.82, 2.24) is 5.32 Å². The molecule has 1 aromatic carbocycles. The second-order valence-corrected chi connectivity index (χ2v) is 6.26. The van der Waals surface area contributed by atoms with Gasteiger partial charge >= 0.3 is 0 Å². The zero-order chi connectivity index (χ0) is 15.0. The zero-order valence-electron chi connectivity index (χ0n) is 13.5. The van der Waals surface area contributed by atoms with Crippen LogP contribution in [0.25, 0.3) is 0 Å². The maximum atomic E-state index is 5.66. The third kappa shape index (κ3) is 11.8. The summed E-state index contributed by atoms with van der Waals surface area (Å²) < 4.78 is 0. The molecule has 0 aromatic heterocycles. The molecule has 2 heteroatoms. The number of rotatable bonds is 14. The molecular formula is C19H32ClN. The second kappa shape index (κ2) is 14.4. The van der Waals surface area contributed by atoms with Crippen LogP contribution in [0.3, 0.4) is 0 Å². The van der Waals surface area contributed by atoms with Crippen LogP contribution in [-0.2, 0) is 6.54 Å². The van der Waals surface area contributed by atoms with Crippen LogP contribution in [0.2, 0.25) is 0 Å². The molecular weight excluding hydrogens is 278 g/mol. The van der Waals surface area contributed by atoms with Crippen molar-refractivity contribution in [2.24, 2.45) is 0 Å². The maximum absolute atomic E-state index is 5.66. The molecule has 0 radical (unpaired) electrons. The maximum Gasteiger partial charge on any atom is 0.0223 e. The van der Waals surface area contributed by atoms with Gasteiger partial charge in [0.05, 0.1) is 0 Å². The van der Waals surface area contributed by atoms with E-state index >= 15 is 0 Å². The lowest BCUT2D eigenvalue weighted by atomic mass is 10.1. The van der Waals surface area contributed by atoms with Crippen LogP contribution in [0.15, 0.2) is 30.3 Å². The summed E-state index contributed by atoms with van der Waals surface area (Å²) >= 11 is 5.66. The normalized spacial score (nSPS) is 10.9. The number of unbranched alkanes of at least 4 members (excludes halogenated alkanes) is 9. The Kier molecular flexibility index (Phi) is 12.7. The largest absolute Gasteiger partial charge is 0.313 e. The van der Waals surface area contributed by atoms with Crippen LogP contribution in [0.5, 0.6) is 0 Å². The molecule has 1 N–H and O–H groups in total. The van der Waals surface area contributed by atoms with Gasteiger partial charge in [-0.05, 0) is 24.9 Å². The van der Waals surface area contributed by atoms with Crippen molar-refractivity contribution in [2.75, 3.05) is 12.4 Å². The molecule has 0 fully saturated rings. The Morgan fingerprint density at radius 1 is 0.667 bits per heavy atom. The second-order valence-electron chi connectivity index (χ2n) is 5.89. The first-order valence-corrected chi connectivity index (χ1v) is 9.27. The SMILES string of the molecule is ClCCCCCCCCCCCCNCc1ccccc1. The van der Waals surface area contributed by atoms with E-state index < -0.39 is 0 Å². The van der Waals surface area contributed by atoms with Gasteiger partial charge in [-0.3, -0.25) is 0 Å². The van der Waals surface area contributed by atoms with Gasteiger partial charge in [0.15, 0.2) is 0 Å². The summed E-state index contributed by atoms with van der Waals surface area (Å²) in [4.78, 5) is 0. The first kappa shape index (κ1) is 18.5. The highest BCUT2D eigenvalue weighted by Crippen LogP contribution is 2.10. The Balaban J connectivity index is 1.75. The molecule has 0 unspecified atom stereocenters. The van der Waals surface area contributed by atoms with E-state index in [2.05, 4.69) is 35.6 Å². The number of benzene rings is 1. The first-order chi connectivity index (χ1) is 10.4. The molecule has 0 amide bonds. The highest BCUT2D eigenvalue weighted by molar-refractivity contribution is 6.17. The molecule has 0 saturated carbocycles. The molecule has 0 heterocycles. The monoisotopic (exact) mass is 309 g/mol. The van der Waals surface area contributed by atoms with E-state index in [1.165, 1.54) is 69.8 Å². The van der Waals surface area contributed by atoms with Gasteiger partial charge in [-0.1, -0.05) is 81.7 Å². The number of alkyl halides is 1. The van der Waals surface area contributed by atoms with Crippen molar-refractivity contribution in [3.63, 3.8) is 0 Å². The van der Waals surface area contributed by atoms with Crippen LogP contribution in [0, 0.1) is 0 Å². The van der Waals surface area contributed by atoms with Gasteiger partial charge in [0.2, 0.25) is 0 Å². The fourth-order valence-electron chi connectivity index (χ4n) is 2.59. The lowest BCUT2D eigenvalue weighted by Crippen LogP contribution is -2.14. The van der Waals surface area contributed by atoms with Crippen LogP contribution >= 0.6 is 11.6 Å². The molecule has 120 valence electrons. The van der Waals surface area contributed by atoms with E-state index in [1.807, 2.05) is 0 Å². The summed E-state index contributed by atoms with van der Waals surface area (Å²) in [5, 5.41) is 3.52. The predicted molar refractivity (Wildman–Crippen MR) is 95.0 cm³/mol. The summed E-state index contributed by atoms with van der Waals surface area (Å²) in [5.41, 5.74) is 1.38. The van der Waals surface area contributed by atoms with Gasteiger partial charge < -0.3 is 5.32 Å². The number of nitrogens with one attached hydrogen (secondary N) is 1. The van der Waals surface area contributed by atoms with Crippen molar-refractivity contribution >= 4 is 11.6 Å². The lowest BCUT2D eigenvalue weighted by molar-refractivity contribution is 0.544. The van der Waals surface area contributed by atoms with Gasteiger partial charge in [-0.2, -0.15) is 0 Å². The summed E-state index contributed by atoms with van der Waals surface area (Å²) in [6.45, 7) is 2.15. The topological polar surface area (TPSA) is 12.0 Å². The quantitative estimate of drug-likeness (QED) is 0.332. The summed E-state index contributed by atoms with van der Waals surface area (Å²) in [6.07, 6.45) is 13.6. The van der Waals surface area contributed by atoms with E-state index in [4.69, 9.17) is 11.6 Å². The van der Waals surface area contributed by atoms with Crippen molar-refractivity contribution < 1.29 is 0 Å². The van der Waals surface area contributed by atoms with Crippen molar-refractivity contribution in [2.45, 2.75) is 70.8 Å². The van der Waals surface area contributed by atoms with E-state index in [9.17, 15) is 0 Å². The first-order valence-electron chi connectivity index (χ1n) is 8.74. The molecule has 0 aliphatic rings. The van der Waals surface area contributed by atoms with Crippen molar-refractivity contribution in [3.05, 3.63) is 35.9 Å². The average Bonchev–Trinajstić information content (AvgIpc) is 2.53. The van der Waals surface area contributed by atoms with Gasteiger partial charge in [-0.25, -0.2) is 0 Å². The van der Waals surface area contributed by atoms with Gasteiger partial charge in [0.25, 0.3) is 0 Å². The Morgan fingerprint density at radius 3 is 1.76 bits per heavy atom. The lowest BCUT2D eigenvalue weighted by Gasteiger charge is -2.05. The Hall–Kier alpha value is -0.530. The Labute approximate surface area is 136 Å². The molecule has 0 saturated heterocycles. The number of hydrogen-bond acceptors (Lipinski definition) is 1. The highest BCUT2D eigenvalue weighted by atomic mass is 35.5. The smallest absolute Gasteiger partial charge is 0.0223 e. The van der Waals surface area contributed by atoms with Crippen LogP contribution < -0.4 is 5.32 Å². The molecule has 1 nitrogen and oxygen atoms in total. The summed E-state index contributed by atoms with van der Waals surface area (Å²) in [7, 11) is 0. The molecule has 1 aromatic rings. The predicted octanol–water partition coefficient (Wildman–Crippen LogP) is 5.92. The third-order valence-corrected chi connectivity index (χ3v) is 4.18. The standard InChI is InChI=1S/C19H32ClN/c20-16-12-7-5-3-1-2-4-6-8-13-17-21-18-19-14-10-9-11-15-19/h9-11,14-15,21H,1-8,12-13,16-18H2. The van der Waals surface area contributed by atoms with Crippen LogP contribution in [-0.4, -0.2) is 12.4 Å². The van der Waals surface area contributed by atoms with Gasteiger partial charge in [0.1, 0.15) is 0 Å². The van der Waals surface area contributed by atoms with E-state index in [0.29, 0.717) is 0 Å². The summed E-state index contributed by atoms with van der Waals surface area (Å²) in [6, 6.07) is 10.6. The molecule has 0 aliphatic heterocycles. The van der Waals surface area contributed by atoms with Crippen LogP contribution in [0.4, 0.5) is 0 Å². The van der Waals surface area contributed by atoms with Crippen molar-refractivity contribution in [3.8, 4) is 0 Å². The highest BCUT2D eigenvalue weighted by Gasteiger charge is 1.94. The molecule has 1 rings (SSSR count). The zero-order valence-corrected chi connectivity index (χ0v) is 14.2. The molecule has 0 spiro atoms. The van der Waals surface area contributed by atoms with E-state index in [1.54, 1.807) is 0 Å². The third-order valence-electron chi connectivity index (χ3n) is 3.91.